The van der Waals surface area contributed by atoms with Crippen molar-refractivity contribution in [2.24, 2.45) is 5.10 Å². The summed E-state index contributed by atoms with van der Waals surface area (Å²) in [6.45, 7) is 2.06. The number of hydrogen-bond acceptors (Lipinski definition) is 4. The summed E-state index contributed by atoms with van der Waals surface area (Å²) in [5, 5.41) is 11.7. The second-order valence-electron chi connectivity index (χ2n) is 4.52. The van der Waals surface area contributed by atoms with Crippen LogP contribution in [0.3, 0.4) is 0 Å². The minimum Gasteiger partial charge on any atom is -0.497 e. The number of nitrogens with zero attached hydrogens (tertiary/aromatic N) is 5. The average molecular weight is 281 g/mol. The fourth-order valence-electron chi connectivity index (χ4n) is 2.12. The minimum atomic E-state index is 0.836. The van der Waals surface area contributed by atoms with Crippen molar-refractivity contribution in [3.8, 4) is 11.4 Å². The lowest BCUT2D eigenvalue weighted by molar-refractivity contribution is 0.414. The van der Waals surface area contributed by atoms with E-state index in [1.807, 2.05) is 30.3 Å². The summed E-state index contributed by atoms with van der Waals surface area (Å²) >= 11 is 0. The average Bonchev–Trinajstić information content (AvgIpc) is 3.15. The molecule has 0 atom stereocenters. The Bertz CT molecular complexity index is 741. The molecule has 0 aliphatic carbocycles. The molecule has 6 heteroatoms. The third-order valence-corrected chi connectivity index (χ3v) is 3.17. The van der Waals surface area contributed by atoms with Gasteiger partial charge in [0.1, 0.15) is 18.4 Å². The highest BCUT2D eigenvalue weighted by molar-refractivity contribution is 5.79. The van der Waals surface area contributed by atoms with E-state index in [4.69, 9.17) is 4.74 Å². The van der Waals surface area contributed by atoms with Crippen LogP contribution in [0.2, 0.25) is 0 Å². The second kappa shape index (κ2) is 5.62. The van der Waals surface area contributed by atoms with Gasteiger partial charge in [0, 0.05) is 11.4 Å². The smallest absolute Gasteiger partial charge is 0.141 e. The molecule has 0 N–H and O–H groups in total. The molecule has 0 unspecified atom stereocenters. The van der Waals surface area contributed by atoms with Crippen molar-refractivity contribution in [1.82, 2.24) is 19.4 Å². The third kappa shape index (κ3) is 2.69. The third-order valence-electron chi connectivity index (χ3n) is 3.17. The van der Waals surface area contributed by atoms with Crippen LogP contribution in [0.25, 0.3) is 5.69 Å². The van der Waals surface area contributed by atoms with Gasteiger partial charge in [-0.2, -0.15) is 5.10 Å². The lowest BCUT2D eigenvalue weighted by atomic mass is 10.3. The summed E-state index contributed by atoms with van der Waals surface area (Å²) in [5.74, 6) is 0.836. The molecule has 0 aliphatic heterocycles. The number of methoxy groups -OCH3 is 1. The summed E-state index contributed by atoms with van der Waals surface area (Å²) in [6.07, 6.45) is 4.87. The fourth-order valence-corrected chi connectivity index (χ4v) is 2.12. The molecular weight excluding hydrogens is 266 g/mol. The molecule has 0 radical (unpaired) electrons. The second-order valence-corrected chi connectivity index (χ2v) is 4.52. The van der Waals surface area contributed by atoms with Gasteiger partial charge in [-0.3, -0.25) is 0 Å². The zero-order valence-corrected chi connectivity index (χ0v) is 11.8. The van der Waals surface area contributed by atoms with Crippen LogP contribution in [-0.4, -0.2) is 32.8 Å². The largest absolute Gasteiger partial charge is 0.497 e. The van der Waals surface area contributed by atoms with E-state index in [-0.39, 0.29) is 0 Å². The first kappa shape index (κ1) is 13.1. The maximum absolute atomic E-state index is 5.19. The van der Waals surface area contributed by atoms with Crippen molar-refractivity contribution >= 4 is 6.21 Å². The molecular formula is C15H15N5O. The number of benzene rings is 1. The van der Waals surface area contributed by atoms with Gasteiger partial charge < -0.3 is 9.30 Å². The molecule has 0 amide bonds. The van der Waals surface area contributed by atoms with Gasteiger partial charge in [0.15, 0.2) is 0 Å². The summed E-state index contributed by atoms with van der Waals surface area (Å²) in [5.41, 5.74) is 3.17. The molecule has 3 aromatic rings. The topological polar surface area (TPSA) is 57.2 Å². The highest BCUT2D eigenvalue weighted by Crippen LogP contribution is 2.19. The quantitative estimate of drug-likeness (QED) is 0.689. The highest BCUT2D eigenvalue weighted by Gasteiger charge is 2.06. The van der Waals surface area contributed by atoms with Crippen LogP contribution in [0.1, 0.15) is 11.4 Å². The van der Waals surface area contributed by atoms with Gasteiger partial charge >= 0.3 is 0 Å². The standard InChI is InChI=1S/C15H15N5O/c1-12-3-4-14(9-18-19-10-16-17-11-19)20(12)13-5-7-15(21-2)8-6-13/h3-11H,1-2H3/b18-9+. The van der Waals surface area contributed by atoms with E-state index in [0.717, 1.165) is 22.8 Å². The van der Waals surface area contributed by atoms with Crippen molar-refractivity contribution in [1.29, 1.82) is 0 Å². The summed E-state index contributed by atoms with van der Waals surface area (Å²) in [4.78, 5) is 0. The van der Waals surface area contributed by atoms with Gasteiger partial charge in [-0.05, 0) is 43.3 Å². The van der Waals surface area contributed by atoms with Crippen LogP contribution in [0.5, 0.6) is 5.75 Å². The molecule has 1 aromatic carbocycles. The lowest BCUT2D eigenvalue weighted by Gasteiger charge is -2.10. The van der Waals surface area contributed by atoms with Gasteiger partial charge in [0.25, 0.3) is 0 Å². The zero-order chi connectivity index (χ0) is 14.7. The van der Waals surface area contributed by atoms with Crippen LogP contribution < -0.4 is 4.74 Å². The normalized spacial score (nSPS) is 11.1. The molecule has 0 fully saturated rings. The van der Waals surface area contributed by atoms with E-state index >= 15 is 0 Å². The Hall–Kier alpha value is -2.89. The molecule has 0 saturated carbocycles. The van der Waals surface area contributed by atoms with Crippen molar-refractivity contribution in [3.05, 3.63) is 60.4 Å². The summed E-state index contributed by atoms with van der Waals surface area (Å²) in [7, 11) is 1.66. The molecule has 3 rings (SSSR count). The highest BCUT2D eigenvalue weighted by atomic mass is 16.5. The Morgan fingerprint density at radius 1 is 1.05 bits per heavy atom. The molecule has 0 aliphatic rings. The van der Waals surface area contributed by atoms with E-state index in [9.17, 15) is 0 Å². The van der Waals surface area contributed by atoms with Crippen LogP contribution >= 0.6 is 0 Å². The summed E-state index contributed by atoms with van der Waals surface area (Å²) < 4.78 is 8.87. The van der Waals surface area contributed by atoms with Crippen LogP contribution in [0.4, 0.5) is 0 Å². The lowest BCUT2D eigenvalue weighted by Crippen LogP contribution is -2.02. The van der Waals surface area contributed by atoms with E-state index in [1.54, 1.807) is 30.7 Å². The van der Waals surface area contributed by atoms with E-state index in [0.29, 0.717) is 0 Å². The van der Waals surface area contributed by atoms with Crippen LogP contribution in [0, 0.1) is 6.92 Å². The number of aryl methyl sites for hydroxylation is 1. The number of rotatable bonds is 4. The van der Waals surface area contributed by atoms with Crippen LogP contribution in [-0.2, 0) is 0 Å². The number of aromatic nitrogens is 4. The fraction of sp³-hybridized carbons (Fsp3) is 0.133. The van der Waals surface area contributed by atoms with Gasteiger partial charge in [0.05, 0.1) is 19.0 Å². The zero-order valence-electron chi connectivity index (χ0n) is 11.8. The Morgan fingerprint density at radius 2 is 1.76 bits per heavy atom. The SMILES string of the molecule is COc1ccc(-n2c(C)ccc2/C=N/n2cnnc2)cc1. The molecule has 0 saturated heterocycles. The van der Waals surface area contributed by atoms with Crippen LogP contribution in [0.15, 0.2) is 54.2 Å². The van der Waals surface area contributed by atoms with E-state index < -0.39 is 0 Å². The maximum atomic E-state index is 5.19. The molecule has 2 heterocycles. The predicted octanol–water partition coefficient (Wildman–Crippen LogP) is 2.27. The Labute approximate surface area is 122 Å². The van der Waals surface area contributed by atoms with E-state index in [1.165, 1.54) is 0 Å². The first-order valence-corrected chi connectivity index (χ1v) is 6.49. The maximum Gasteiger partial charge on any atom is 0.141 e. The van der Waals surface area contributed by atoms with E-state index in [2.05, 4.69) is 32.9 Å². The summed E-state index contributed by atoms with van der Waals surface area (Å²) in [6, 6.07) is 12.0. The molecule has 0 spiro atoms. The minimum absolute atomic E-state index is 0.836. The van der Waals surface area contributed by atoms with Crippen molar-refractivity contribution < 1.29 is 4.74 Å². The van der Waals surface area contributed by atoms with Crippen molar-refractivity contribution in [3.63, 3.8) is 0 Å². The van der Waals surface area contributed by atoms with Gasteiger partial charge in [0.2, 0.25) is 0 Å². The Morgan fingerprint density at radius 3 is 2.43 bits per heavy atom. The van der Waals surface area contributed by atoms with Gasteiger partial charge in [-0.25, -0.2) is 4.68 Å². The Kier molecular flexibility index (Phi) is 3.51. The van der Waals surface area contributed by atoms with Crippen molar-refractivity contribution in [2.75, 3.05) is 7.11 Å². The molecule has 106 valence electrons. The Balaban J connectivity index is 1.96. The molecule has 2 aromatic heterocycles. The molecule has 21 heavy (non-hydrogen) atoms. The number of ether oxygens (including phenoxy) is 1. The number of hydrogen-bond donors (Lipinski definition) is 0. The predicted molar refractivity (Wildman–Crippen MR) is 80.1 cm³/mol. The van der Waals surface area contributed by atoms with Gasteiger partial charge in [-0.1, -0.05) is 0 Å². The first-order valence-electron chi connectivity index (χ1n) is 6.49. The molecule has 6 nitrogen and oxygen atoms in total. The monoisotopic (exact) mass is 281 g/mol. The van der Waals surface area contributed by atoms with Crippen molar-refractivity contribution in [2.45, 2.75) is 6.92 Å². The molecule has 0 bridgehead atoms. The van der Waals surface area contributed by atoms with Gasteiger partial charge in [-0.15, -0.1) is 10.2 Å². The first-order chi connectivity index (χ1) is 10.3.